The highest BCUT2D eigenvalue weighted by molar-refractivity contribution is 5.79. The van der Waals surface area contributed by atoms with Gasteiger partial charge in [0, 0.05) is 18.6 Å². The minimum atomic E-state index is -0.772. The number of carbonyl (C=O) groups excluding carboxylic acids is 1. The fourth-order valence-electron chi connectivity index (χ4n) is 2.53. The van der Waals surface area contributed by atoms with E-state index in [1.165, 1.54) is 0 Å². The summed E-state index contributed by atoms with van der Waals surface area (Å²) in [6, 6.07) is 0. The number of aliphatic carboxylic acids is 1. The molecule has 0 unspecified atom stereocenters. The highest BCUT2D eigenvalue weighted by atomic mass is 16.4. The minimum absolute atomic E-state index is 0.00830. The predicted octanol–water partition coefficient (Wildman–Crippen LogP) is 0.450. The first-order chi connectivity index (χ1) is 9.48. The number of hydrogen-bond donors (Lipinski definition) is 3. The molecule has 1 amide bonds. The van der Waals surface area contributed by atoms with Crippen LogP contribution in [-0.2, 0) is 9.59 Å². The van der Waals surface area contributed by atoms with Crippen molar-refractivity contribution >= 4 is 11.9 Å². The van der Waals surface area contributed by atoms with Crippen LogP contribution in [0.15, 0.2) is 0 Å². The molecule has 0 aliphatic carbocycles. The molecule has 0 spiro atoms. The molecule has 0 aromatic heterocycles. The van der Waals surface area contributed by atoms with Crippen molar-refractivity contribution in [2.45, 2.75) is 45.1 Å². The molecule has 6 nitrogen and oxygen atoms in total. The van der Waals surface area contributed by atoms with Crippen LogP contribution in [0.25, 0.3) is 0 Å². The third-order valence-corrected chi connectivity index (χ3v) is 4.47. The van der Waals surface area contributed by atoms with E-state index in [-0.39, 0.29) is 25.0 Å². The van der Waals surface area contributed by atoms with E-state index in [0.717, 1.165) is 12.8 Å². The smallest absolute Gasteiger partial charge is 0.306 e. The first-order valence-electron chi connectivity index (χ1n) is 7.34. The Kier molecular flexibility index (Phi) is 6.42. The minimum Gasteiger partial charge on any atom is -0.481 e. The Morgan fingerprint density at radius 1 is 1.25 bits per heavy atom. The molecule has 1 fully saturated rings. The molecule has 1 heterocycles. The van der Waals surface area contributed by atoms with E-state index in [1.54, 1.807) is 4.90 Å². The highest BCUT2D eigenvalue weighted by Gasteiger charge is 2.29. The summed E-state index contributed by atoms with van der Waals surface area (Å²) in [7, 11) is 0. The van der Waals surface area contributed by atoms with Gasteiger partial charge in [-0.1, -0.05) is 13.8 Å². The van der Waals surface area contributed by atoms with E-state index in [9.17, 15) is 14.7 Å². The van der Waals surface area contributed by atoms with Crippen LogP contribution in [0, 0.1) is 5.92 Å². The monoisotopic (exact) mass is 286 g/mol. The molecule has 1 aliphatic rings. The molecule has 6 heteroatoms. The third kappa shape index (κ3) is 4.18. The summed E-state index contributed by atoms with van der Waals surface area (Å²) in [5.74, 6) is -1.12. The van der Waals surface area contributed by atoms with Crippen LogP contribution in [0.4, 0.5) is 0 Å². The molecular weight excluding hydrogens is 260 g/mol. The molecule has 0 atom stereocenters. The van der Waals surface area contributed by atoms with E-state index in [0.29, 0.717) is 25.9 Å². The van der Waals surface area contributed by atoms with Crippen LogP contribution >= 0.6 is 0 Å². The largest absolute Gasteiger partial charge is 0.481 e. The summed E-state index contributed by atoms with van der Waals surface area (Å²) in [6.45, 7) is 5.17. The number of nitrogens with zero attached hydrogens (tertiary/aromatic N) is 1. The molecule has 116 valence electrons. The van der Waals surface area contributed by atoms with Crippen molar-refractivity contribution in [3.8, 4) is 0 Å². The third-order valence-electron chi connectivity index (χ3n) is 4.47. The van der Waals surface area contributed by atoms with Gasteiger partial charge in [-0.2, -0.15) is 0 Å². The number of carboxylic acids is 1. The van der Waals surface area contributed by atoms with Crippen molar-refractivity contribution in [1.29, 1.82) is 0 Å². The lowest BCUT2D eigenvalue weighted by Crippen LogP contribution is -2.52. The number of hydrogen-bond acceptors (Lipinski definition) is 4. The molecule has 0 radical (unpaired) electrons. The van der Waals surface area contributed by atoms with Crippen LogP contribution < -0.4 is 5.32 Å². The van der Waals surface area contributed by atoms with E-state index in [4.69, 9.17) is 5.11 Å². The van der Waals surface area contributed by atoms with Crippen LogP contribution in [0.3, 0.4) is 0 Å². The van der Waals surface area contributed by atoms with Gasteiger partial charge in [-0.15, -0.1) is 0 Å². The van der Waals surface area contributed by atoms with Crippen LogP contribution in [0.5, 0.6) is 0 Å². The summed E-state index contributed by atoms with van der Waals surface area (Å²) in [5, 5.41) is 21.5. The number of piperidine rings is 1. The van der Waals surface area contributed by atoms with Gasteiger partial charge in [0.2, 0.25) is 5.91 Å². The molecule has 1 rings (SSSR count). The lowest BCUT2D eigenvalue weighted by molar-refractivity contribution is -0.145. The van der Waals surface area contributed by atoms with E-state index in [1.807, 2.05) is 13.8 Å². The van der Waals surface area contributed by atoms with E-state index >= 15 is 0 Å². The summed E-state index contributed by atoms with van der Waals surface area (Å²) in [5.41, 5.74) is -0.394. The number of carbonyl (C=O) groups is 2. The summed E-state index contributed by atoms with van der Waals surface area (Å²) < 4.78 is 0. The van der Waals surface area contributed by atoms with Gasteiger partial charge in [0.05, 0.1) is 19.1 Å². The van der Waals surface area contributed by atoms with Gasteiger partial charge in [-0.05, 0) is 25.7 Å². The van der Waals surface area contributed by atoms with Gasteiger partial charge in [0.25, 0.3) is 0 Å². The number of carboxylic acid groups (broad SMARTS) is 1. The molecule has 3 N–H and O–H groups in total. The molecule has 1 saturated heterocycles. The maximum Gasteiger partial charge on any atom is 0.306 e. The zero-order chi connectivity index (χ0) is 15.2. The number of likely N-dealkylation sites (tertiary alicyclic amines) is 1. The lowest BCUT2D eigenvalue weighted by Gasteiger charge is -2.34. The van der Waals surface area contributed by atoms with Gasteiger partial charge < -0.3 is 20.4 Å². The molecule has 0 saturated carbocycles. The molecule has 0 aromatic carbocycles. The molecular formula is C14H26N2O4. The fourth-order valence-corrected chi connectivity index (χ4v) is 2.53. The van der Waals surface area contributed by atoms with Crippen molar-refractivity contribution in [2.75, 3.05) is 26.2 Å². The number of aliphatic hydroxyl groups excluding tert-OH is 1. The lowest BCUT2D eigenvalue weighted by atomic mass is 9.93. The van der Waals surface area contributed by atoms with E-state index < -0.39 is 11.5 Å². The second kappa shape index (κ2) is 7.59. The fraction of sp³-hybridized carbons (Fsp3) is 0.857. The molecule has 0 aromatic rings. The van der Waals surface area contributed by atoms with Gasteiger partial charge in [-0.25, -0.2) is 0 Å². The number of amides is 1. The number of rotatable bonds is 7. The Morgan fingerprint density at radius 3 is 2.20 bits per heavy atom. The Balaban J connectivity index is 2.42. The summed E-state index contributed by atoms with van der Waals surface area (Å²) in [6.07, 6.45) is 2.56. The van der Waals surface area contributed by atoms with Gasteiger partial charge in [0.1, 0.15) is 0 Å². The molecule has 20 heavy (non-hydrogen) atoms. The zero-order valence-electron chi connectivity index (χ0n) is 12.4. The van der Waals surface area contributed by atoms with Crippen molar-refractivity contribution < 1.29 is 19.8 Å². The van der Waals surface area contributed by atoms with E-state index in [2.05, 4.69) is 5.32 Å². The van der Waals surface area contributed by atoms with Crippen LogP contribution in [-0.4, -0.2) is 58.8 Å². The Hall–Kier alpha value is -1.14. The summed E-state index contributed by atoms with van der Waals surface area (Å²) in [4.78, 5) is 24.7. The topological polar surface area (TPSA) is 89.9 Å². The zero-order valence-corrected chi connectivity index (χ0v) is 12.4. The predicted molar refractivity (Wildman–Crippen MR) is 75.3 cm³/mol. The number of aliphatic hydroxyl groups is 1. The average Bonchev–Trinajstić information content (AvgIpc) is 2.49. The van der Waals surface area contributed by atoms with Crippen LogP contribution in [0.1, 0.15) is 39.5 Å². The second-order valence-electron chi connectivity index (χ2n) is 5.49. The Morgan fingerprint density at radius 2 is 1.80 bits per heavy atom. The normalized spacial score (nSPS) is 17.2. The van der Waals surface area contributed by atoms with Crippen molar-refractivity contribution in [3.63, 3.8) is 0 Å². The second-order valence-corrected chi connectivity index (χ2v) is 5.49. The van der Waals surface area contributed by atoms with Gasteiger partial charge >= 0.3 is 5.97 Å². The maximum atomic E-state index is 12.1. The van der Waals surface area contributed by atoms with Gasteiger partial charge in [-0.3, -0.25) is 9.59 Å². The van der Waals surface area contributed by atoms with Crippen LogP contribution in [0.2, 0.25) is 0 Å². The maximum absolute atomic E-state index is 12.1. The van der Waals surface area contributed by atoms with Gasteiger partial charge in [0.15, 0.2) is 0 Å². The Bertz CT molecular complexity index is 326. The summed E-state index contributed by atoms with van der Waals surface area (Å²) >= 11 is 0. The Labute approximate surface area is 120 Å². The SMILES string of the molecule is CCC(CC)(CO)NCC(=O)N1CCC(C(=O)O)CC1. The first kappa shape index (κ1) is 16.9. The highest BCUT2D eigenvalue weighted by Crippen LogP contribution is 2.18. The molecule has 1 aliphatic heterocycles. The van der Waals surface area contributed by atoms with Crippen molar-refractivity contribution in [1.82, 2.24) is 10.2 Å². The first-order valence-corrected chi connectivity index (χ1v) is 7.34. The molecule has 0 bridgehead atoms. The number of nitrogens with one attached hydrogen (secondary N) is 1. The van der Waals surface area contributed by atoms with Crippen molar-refractivity contribution in [2.24, 2.45) is 5.92 Å². The average molecular weight is 286 g/mol. The van der Waals surface area contributed by atoms with Crippen molar-refractivity contribution in [3.05, 3.63) is 0 Å². The quantitative estimate of drug-likeness (QED) is 0.632. The standard InChI is InChI=1S/C14H26N2O4/c1-3-14(4-2,10-17)15-9-12(18)16-7-5-11(6-8-16)13(19)20/h11,15,17H,3-10H2,1-2H3,(H,19,20).